The standard InChI is InChI=1S/C16H12N4/c1-7-17-19(9-1)15-5-3-13-4-6-16(12-14(13)11-15)20-10-2-8-18-20/h1-12H. The average Bonchev–Trinajstić information content (AvgIpc) is 3.19. The zero-order valence-corrected chi connectivity index (χ0v) is 10.7. The summed E-state index contributed by atoms with van der Waals surface area (Å²) in [6, 6.07) is 16.5. The fraction of sp³-hybridized carbons (Fsp3) is 0. The second-order valence-electron chi connectivity index (χ2n) is 4.62. The number of rotatable bonds is 2. The summed E-state index contributed by atoms with van der Waals surface area (Å²) in [7, 11) is 0. The van der Waals surface area contributed by atoms with E-state index in [0.717, 1.165) is 11.4 Å². The van der Waals surface area contributed by atoms with E-state index < -0.39 is 0 Å². The Kier molecular flexibility index (Phi) is 2.39. The molecular weight excluding hydrogens is 248 g/mol. The topological polar surface area (TPSA) is 35.6 Å². The SMILES string of the molecule is c1cnn(-c2ccc3ccc(-n4cccn4)cc3c2)c1. The summed E-state index contributed by atoms with van der Waals surface area (Å²) in [5.41, 5.74) is 2.11. The molecule has 0 aliphatic rings. The van der Waals surface area contributed by atoms with Crippen LogP contribution in [0.5, 0.6) is 0 Å². The number of benzene rings is 2. The summed E-state index contributed by atoms with van der Waals surface area (Å²) >= 11 is 0. The molecule has 20 heavy (non-hydrogen) atoms. The summed E-state index contributed by atoms with van der Waals surface area (Å²) < 4.78 is 3.72. The van der Waals surface area contributed by atoms with Crippen molar-refractivity contribution in [2.75, 3.05) is 0 Å². The zero-order chi connectivity index (χ0) is 13.4. The van der Waals surface area contributed by atoms with Gasteiger partial charge in [0.15, 0.2) is 0 Å². The molecule has 2 aromatic heterocycles. The largest absolute Gasteiger partial charge is 0.241 e. The molecular formula is C16H12N4. The van der Waals surface area contributed by atoms with Crippen molar-refractivity contribution in [2.45, 2.75) is 0 Å². The Morgan fingerprint density at radius 2 is 1.20 bits per heavy atom. The van der Waals surface area contributed by atoms with Crippen LogP contribution in [-0.4, -0.2) is 19.6 Å². The molecule has 0 saturated heterocycles. The first-order valence-corrected chi connectivity index (χ1v) is 6.44. The fourth-order valence-electron chi connectivity index (χ4n) is 2.35. The molecule has 0 aliphatic carbocycles. The minimum atomic E-state index is 1.06. The third-order valence-electron chi connectivity index (χ3n) is 3.35. The van der Waals surface area contributed by atoms with Crippen LogP contribution < -0.4 is 0 Å². The Hall–Kier alpha value is -2.88. The van der Waals surface area contributed by atoms with E-state index >= 15 is 0 Å². The normalized spacial score (nSPS) is 11.0. The van der Waals surface area contributed by atoms with E-state index in [0.29, 0.717) is 0 Å². The van der Waals surface area contributed by atoms with Gasteiger partial charge >= 0.3 is 0 Å². The van der Waals surface area contributed by atoms with Crippen molar-refractivity contribution in [3.05, 3.63) is 73.3 Å². The first-order valence-electron chi connectivity index (χ1n) is 6.44. The molecule has 0 aliphatic heterocycles. The number of nitrogens with zero attached hydrogens (tertiary/aromatic N) is 4. The quantitative estimate of drug-likeness (QED) is 0.555. The molecule has 0 radical (unpaired) electrons. The summed E-state index contributed by atoms with van der Waals surface area (Å²) in [6.07, 6.45) is 7.45. The monoisotopic (exact) mass is 260 g/mol. The van der Waals surface area contributed by atoms with Crippen LogP contribution in [-0.2, 0) is 0 Å². The molecule has 0 atom stereocenters. The van der Waals surface area contributed by atoms with Crippen LogP contribution in [0.15, 0.2) is 73.3 Å². The van der Waals surface area contributed by atoms with Crippen LogP contribution >= 0.6 is 0 Å². The summed E-state index contributed by atoms with van der Waals surface area (Å²) in [4.78, 5) is 0. The second-order valence-corrected chi connectivity index (χ2v) is 4.62. The van der Waals surface area contributed by atoms with Crippen molar-refractivity contribution in [3.8, 4) is 11.4 Å². The van der Waals surface area contributed by atoms with Gasteiger partial charge in [-0.1, -0.05) is 12.1 Å². The number of aromatic nitrogens is 4. The van der Waals surface area contributed by atoms with E-state index in [-0.39, 0.29) is 0 Å². The maximum Gasteiger partial charge on any atom is 0.0651 e. The molecule has 4 rings (SSSR count). The molecule has 0 unspecified atom stereocenters. The van der Waals surface area contributed by atoms with Crippen molar-refractivity contribution in [3.63, 3.8) is 0 Å². The third kappa shape index (κ3) is 1.78. The zero-order valence-electron chi connectivity index (χ0n) is 10.7. The molecule has 2 heterocycles. The smallest absolute Gasteiger partial charge is 0.0651 e. The molecule has 0 fully saturated rings. The fourth-order valence-corrected chi connectivity index (χ4v) is 2.35. The lowest BCUT2D eigenvalue weighted by molar-refractivity contribution is 0.879. The van der Waals surface area contributed by atoms with Gasteiger partial charge in [-0.25, -0.2) is 9.36 Å². The molecule has 0 spiro atoms. The van der Waals surface area contributed by atoms with Crippen LogP contribution in [0.3, 0.4) is 0 Å². The molecule has 96 valence electrons. The Balaban J connectivity index is 1.88. The highest BCUT2D eigenvalue weighted by Gasteiger charge is 2.02. The maximum atomic E-state index is 4.26. The van der Waals surface area contributed by atoms with Gasteiger partial charge in [0.1, 0.15) is 0 Å². The predicted octanol–water partition coefficient (Wildman–Crippen LogP) is 3.21. The number of fused-ring (bicyclic) bond motifs is 1. The Bertz CT molecular complexity index is 776. The van der Waals surface area contributed by atoms with Gasteiger partial charge < -0.3 is 0 Å². The van der Waals surface area contributed by atoms with E-state index in [1.165, 1.54) is 10.8 Å². The molecule has 0 saturated carbocycles. The van der Waals surface area contributed by atoms with Gasteiger partial charge in [-0.3, -0.25) is 0 Å². The van der Waals surface area contributed by atoms with Crippen LogP contribution in [0.25, 0.3) is 22.1 Å². The van der Waals surface area contributed by atoms with Crippen molar-refractivity contribution in [1.82, 2.24) is 19.6 Å². The first-order chi connectivity index (χ1) is 9.90. The van der Waals surface area contributed by atoms with E-state index in [1.54, 1.807) is 12.4 Å². The van der Waals surface area contributed by atoms with Crippen molar-refractivity contribution in [1.29, 1.82) is 0 Å². The Morgan fingerprint density at radius 1 is 0.650 bits per heavy atom. The van der Waals surface area contributed by atoms with Crippen molar-refractivity contribution >= 4 is 10.8 Å². The summed E-state index contributed by atoms with van der Waals surface area (Å²) in [6.45, 7) is 0. The average molecular weight is 260 g/mol. The highest BCUT2D eigenvalue weighted by molar-refractivity contribution is 5.86. The van der Waals surface area contributed by atoms with E-state index in [1.807, 2.05) is 33.9 Å². The lowest BCUT2D eigenvalue weighted by Gasteiger charge is -2.06. The predicted molar refractivity (Wildman–Crippen MR) is 78.2 cm³/mol. The summed E-state index contributed by atoms with van der Waals surface area (Å²) in [5.74, 6) is 0. The van der Waals surface area contributed by atoms with Crippen LogP contribution in [0.2, 0.25) is 0 Å². The molecule has 2 aromatic carbocycles. The van der Waals surface area contributed by atoms with Crippen LogP contribution in [0, 0.1) is 0 Å². The van der Waals surface area contributed by atoms with Crippen LogP contribution in [0.1, 0.15) is 0 Å². The van der Waals surface area contributed by atoms with E-state index in [4.69, 9.17) is 0 Å². The molecule has 0 N–H and O–H groups in total. The van der Waals surface area contributed by atoms with Gasteiger partial charge in [0.25, 0.3) is 0 Å². The first kappa shape index (κ1) is 11.0. The lowest BCUT2D eigenvalue weighted by Crippen LogP contribution is -1.95. The van der Waals surface area contributed by atoms with Crippen molar-refractivity contribution < 1.29 is 0 Å². The number of hydrogen-bond donors (Lipinski definition) is 0. The lowest BCUT2D eigenvalue weighted by atomic mass is 10.1. The highest BCUT2D eigenvalue weighted by atomic mass is 15.3. The Labute approximate surface area is 115 Å². The van der Waals surface area contributed by atoms with Gasteiger partial charge in [0.05, 0.1) is 11.4 Å². The minimum Gasteiger partial charge on any atom is -0.241 e. The maximum absolute atomic E-state index is 4.26. The minimum absolute atomic E-state index is 1.06. The van der Waals surface area contributed by atoms with Gasteiger partial charge in [-0.05, 0) is 47.2 Å². The van der Waals surface area contributed by atoms with E-state index in [2.05, 4.69) is 46.6 Å². The highest BCUT2D eigenvalue weighted by Crippen LogP contribution is 2.21. The van der Waals surface area contributed by atoms with Gasteiger partial charge in [0, 0.05) is 24.8 Å². The molecule has 0 bridgehead atoms. The van der Waals surface area contributed by atoms with Crippen LogP contribution in [0.4, 0.5) is 0 Å². The summed E-state index contributed by atoms with van der Waals surface area (Å²) in [5, 5.41) is 10.9. The third-order valence-corrected chi connectivity index (χ3v) is 3.35. The molecule has 4 aromatic rings. The van der Waals surface area contributed by atoms with Gasteiger partial charge in [-0.2, -0.15) is 10.2 Å². The second kappa shape index (κ2) is 4.35. The molecule has 4 nitrogen and oxygen atoms in total. The Morgan fingerprint density at radius 3 is 1.65 bits per heavy atom. The number of hydrogen-bond acceptors (Lipinski definition) is 2. The molecule has 4 heteroatoms. The van der Waals surface area contributed by atoms with Gasteiger partial charge in [-0.15, -0.1) is 0 Å². The molecule has 0 amide bonds. The van der Waals surface area contributed by atoms with E-state index in [9.17, 15) is 0 Å². The van der Waals surface area contributed by atoms with Crippen molar-refractivity contribution in [2.24, 2.45) is 0 Å². The van der Waals surface area contributed by atoms with Gasteiger partial charge in [0.2, 0.25) is 0 Å².